The highest BCUT2D eigenvalue weighted by atomic mass is 16.3. The van der Waals surface area contributed by atoms with Gasteiger partial charge >= 0.3 is 0 Å². The summed E-state index contributed by atoms with van der Waals surface area (Å²) in [6.07, 6.45) is 6.86. The molecule has 0 saturated heterocycles. The zero-order valence-corrected chi connectivity index (χ0v) is 26.3. The number of anilines is 1. The molecule has 9 nitrogen and oxygen atoms in total. The number of nitrogens with zero attached hydrogens (tertiary/aromatic N) is 1. The second-order valence-electron chi connectivity index (χ2n) is 13.2. The van der Waals surface area contributed by atoms with Crippen LogP contribution in [0.1, 0.15) is 66.4 Å². The van der Waals surface area contributed by atoms with E-state index in [2.05, 4.69) is 20.8 Å². The largest absolute Gasteiger partial charge is 0.393 e. The number of nitrogens with one attached hydrogen (secondary N) is 3. The average molecular weight is 622 g/mol. The Balaban J connectivity index is 1.15. The summed E-state index contributed by atoms with van der Waals surface area (Å²) >= 11 is 0. The van der Waals surface area contributed by atoms with Crippen LogP contribution in [-0.4, -0.2) is 51.6 Å². The number of rotatable bonds is 11. The van der Waals surface area contributed by atoms with E-state index in [4.69, 9.17) is 5.73 Å². The van der Waals surface area contributed by atoms with E-state index < -0.39 is 5.92 Å². The molecule has 1 aromatic heterocycles. The Kier molecular flexibility index (Phi) is 9.61. The van der Waals surface area contributed by atoms with Crippen molar-refractivity contribution >= 4 is 34.2 Å². The maximum atomic E-state index is 13.7. The Morgan fingerprint density at radius 3 is 2.46 bits per heavy atom. The molecular weight excluding hydrogens is 578 g/mol. The number of ketones is 1. The van der Waals surface area contributed by atoms with Crippen molar-refractivity contribution in [2.45, 2.75) is 70.4 Å². The average Bonchev–Trinajstić information content (AvgIpc) is 3.52. The molecular formula is C37H43N5O4. The Hall–Kier alpha value is -4.34. The van der Waals surface area contributed by atoms with Crippen molar-refractivity contribution in [3.8, 4) is 11.1 Å². The first-order chi connectivity index (χ1) is 22.2. The number of aromatic nitrogens is 2. The Morgan fingerprint density at radius 1 is 1.00 bits per heavy atom. The van der Waals surface area contributed by atoms with Gasteiger partial charge in [0.25, 0.3) is 5.91 Å². The highest BCUT2D eigenvalue weighted by Crippen LogP contribution is 2.32. The summed E-state index contributed by atoms with van der Waals surface area (Å²) in [6, 6.07) is 19.4. The lowest BCUT2D eigenvalue weighted by Crippen LogP contribution is -2.46. The van der Waals surface area contributed by atoms with Gasteiger partial charge in [-0.3, -0.25) is 19.5 Å². The van der Waals surface area contributed by atoms with E-state index in [-0.39, 0.29) is 42.1 Å². The lowest BCUT2D eigenvalue weighted by Gasteiger charge is -2.32. The quantitative estimate of drug-likeness (QED) is 0.153. The van der Waals surface area contributed by atoms with Crippen LogP contribution in [0.4, 0.5) is 5.69 Å². The Morgan fingerprint density at radius 2 is 1.76 bits per heavy atom. The van der Waals surface area contributed by atoms with E-state index in [9.17, 15) is 19.5 Å². The topological polar surface area (TPSA) is 150 Å². The smallest absolute Gasteiger partial charge is 0.251 e. The van der Waals surface area contributed by atoms with Gasteiger partial charge in [-0.25, -0.2) is 0 Å². The summed E-state index contributed by atoms with van der Waals surface area (Å²) in [7, 11) is 0. The summed E-state index contributed by atoms with van der Waals surface area (Å²) in [6.45, 7) is 2.65. The summed E-state index contributed by atoms with van der Waals surface area (Å²) in [5.74, 6) is -0.192. The second-order valence-corrected chi connectivity index (χ2v) is 13.2. The number of hydrogen-bond donors (Lipinski definition) is 5. The molecule has 2 fully saturated rings. The minimum Gasteiger partial charge on any atom is -0.393 e. The third-order valence-corrected chi connectivity index (χ3v) is 9.85. The van der Waals surface area contributed by atoms with Crippen molar-refractivity contribution in [1.29, 1.82) is 0 Å². The monoisotopic (exact) mass is 621 g/mol. The summed E-state index contributed by atoms with van der Waals surface area (Å²) in [5.41, 5.74) is 12.0. The molecule has 1 atom stereocenters. The molecule has 0 aliphatic heterocycles. The SMILES string of the molecule is Cc1cc(C(=O)NC2CC(O)C2)ccc1-c1ccc(C[C@H](CC(=O)C2CCC(CN)CC2)C(=O)Nc2ccc3cn[nH]c3c2)cc1. The zero-order chi connectivity index (χ0) is 32.2. The van der Waals surface area contributed by atoms with Crippen LogP contribution in [0.5, 0.6) is 0 Å². The van der Waals surface area contributed by atoms with Crippen LogP contribution in [0.15, 0.2) is 66.9 Å². The maximum Gasteiger partial charge on any atom is 0.251 e. The first-order valence-electron chi connectivity index (χ1n) is 16.4. The van der Waals surface area contributed by atoms with Gasteiger partial charge < -0.3 is 21.5 Å². The number of carbonyl (C=O) groups is 3. The maximum absolute atomic E-state index is 13.7. The normalized spacial score (nSPS) is 21.7. The number of nitrogens with two attached hydrogens (primary N) is 1. The molecule has 0 radical (unpaired) electrons. The van der Waals surface area contributed by atoms with Crippen LogP contribution in [0, 0.1) is 24.7 Å². The number of carbonyl (C=O) groups excluding carboxylic acids is 3. The first kappa shape index (κ1) is 31.6. The van der Waals surface area contributed by atoms with Crippen LogP contribution in [0.3, 0.4) is 0 Å². The molecule has 2 amide bonds. The van der Waals surface area contributed by atoms with Crippen molar-refractivity contribution in [2.24, 2.45) is 23.5 Å². The molecule has 6 rings (SSSR count). The number of amides is 2. The summed E-state index contributed by atoms with van der Waals surface area (Å²) in [5, 5.41) is 23.5. The number of fused-ring (bicyclic) bond motifs is 1. The van der Waals surface area contributed by atoms with Gasteiger partial charge in [-0.05, 0) is 117 Å². The van der Waals surface area contributed by atoms with Crippen LogP contribution >= 0.6 is 0 Å². The van der Waals surface area contributed by atoms with E-state index in [1.54, 1.807) is 6.20 Å². The van der Waals surface area contributed by atoms with Crippen molar-refractivity contribution < 1.29 is 19.5 Å². The fourth-order valence-corrected chi connectivity index (χ4v) is 6.85. The van der Waals surface area contributed by atoms with Crippen LogP contribution < -0.4 is 16.4 Å². The van der Waals surface area contributed by atoms with E-state index in [1.165, 1.54) is 0 Å². The molecule has 46 heavy (non-hydrogen) atoms. The molecule has 3 aromatic carbocycles. The Labute approximate surface area is 269 Å². The number of benzene rings is 3. The van der Waals surface area contributed by atoms with Crippen molar-refractivity contribution in [3.05, 3.63) is 83.6 Å². The van der Waals surface area contributed by atoms with Gasteiger partial charge in [0.2, 0.25) is 5.91 Å². The number of aliphatic hydroxyl groups excluding tert-OH is 1. The molecule has 0 unspecified atom stereocenters. The zero-order valence-electron chi connectivity index (χ0n) is 26.3. The fraction of sp³-hybridized carbons (Fsp3) is 0.405. The number of Topliss-reactive ketones (excluding diaryl/α,β-unsaturated/α-hetero) is 1. The lowest BCUT2D eigenvalue weighted by atomic mass is 9.77. The third kappa shape index (κ3) is 7.37. The highest BCUT2D eigenvalue weighted by molar-refractivity contribution is 5.98. The van der Waals surface area contributed by atoms with Gasteiger partial charge in [-0.15, -0.1) is 0 Å². The molecule has 0 spiro atoms. The van der Waals surface area contributed by atoms with Gasteiger partial charge in [0.05, 0.1) is 17.8 Å². The predicted octanol–water partition coefficient (Wildman–Crippen LogP) is 5.31. The van der Waals surface area contributed by atoms with Crippen molar-refractivity contribution in [3.63, 3.8) is 0 Å². The molecule has 9 heteroatoms. The fourth-order valence-electron chi connectivity index (χ4n) is 6.85. The van der Waals surface area contributed by atoms with Gasteiger partial charge in [0.1, 0.15) is 5.78 Å². The molecule has 1 heterocycles. The van der Waals surface area contributed by atoms with E-state index >= 15 is 0 Å². The molecule has 240 valence electrons. The van der Waals surface area contributed by atoms with Crippen LogP contribution in [0.2, 0.25) is 0 Å². The molecule has 2 saturated carbocycles. The molecule has 0 bridgehead atoms. The first-order valence-corrected chi connectivity index (χ1v) is 16.4. The van der Waals surface area contributed by atoms with Gasteiger partial charge in [0.15, 0.2) is 0 Å². The molecule has 4 aromatic rings. The van der Waals surface area contributed by atoms with Crippen LogP contribution in [0.25, 0.3) is 22.0 Å². The van der Waals surface area contributed by atoms with Gasteiger partial charge in [-0.1, -0.05) is 30.3 Å². The van der Waals surface area contributed by atoms with E-state index in [1.807, 2.05) is 67.6 Å². The van der Waals surface area contributed by atoms with E-state index in [0.29, 0.717) is 43.0 Å². The number of aromatic amines is 1. The van der Waals surface area contributed by atoms with Crippen LogP contribution in [-0.2, 0) is 16.0 Å². The number of H-pyrrole nitrogens is 1. The third-order valence-electron chi connectivity index (χ3n) is 9.85. The summed E-state index contributed by atoms with van der Waals surface area (Å²) in [4.78, 5) is 39.8. The predicted molar refractivity (Wildman–Crippen MR) is 179 cm³/mol. The molecule has 2 aliphatic rings. The highest BCUT2D eigenvalue weighted by Gasteiger charge is 2.31. The van der Waals surface area contributed by atoms with Crippen molar-refractivity contribution in [2.75, 3.05) is 11.9 Å². The second kappa shape index (κ2) is 14.0. The lowest BCUT2D eigenvalue weighted by molar-refractivity contribution is -0.129. The number of hydrogen-bond acceptors (Lipinski definition) is 6. The summed E-state index contributed by atoms with van der Waals surface area (Å²) < 4.78 is 0. The van der Waals surface area contributed by atoms with E-state index in [0.717, 1.165) is 58.8 Å². The van der Waals surface area contributed by atoms with Gasteiger partial charge in [0, 0.05) is 40.9 Å². The molecule has 6 N–H and O–H groups in total. The standard InChI is InChI=1S/C37H43N5O4/c1-22-14-27(36(45)41-31-17-32(43)18-31)11-13-33(22)25-6-2-23(3-7-25)15-29(16-35(44)26-8-4-24(20-38)5-9-26)37(46)40-30-12-10-28-21-39-42-34(28)19-30/h2-3,6-7,10-14,19,21,24,26,29,31-32,43H,4-5,8-9,15-18,20,38H2,1H3,(H,39,42)(H,40,46)(H,41,45)/t24?,26?,29-,31?,32?/m1/s1. The van der Waals surface area contributed by atoms with Gasteiger partial charge in [-0.2, -0.15) is 5.10 Å². The number of aliphatic hydroxyl groups is 1. The minimum absolute atomic E-state index is 0.0184. The number of aryl methyl sites for hydroxylation is 1. The van der Waals surface area contributed by atoms with Crippen molar-refractivity contribution in [1.82, 2.24) is 15.5 Å². The molecule has 2 aliphatic carbocycles. The Bertz CT molecular complexity index is 1700. The minimum atomic E-state index is -0.514.